The number of rotatable bonds is 4. The number of nitrogens with one attached hydrogen (secondary N) is 2. The maximum absolute atomic E-state index is 13.1. The van der Waals surface area contributed by atoms with E-state index in [0.717, 1.165) is 11.3 Å². The molecule has 0 aliphatic carbocycles. The number of carbonyl (C=O) groups is 1. The Morgan fingerprint density at radius 1 is 1.21 bits per heavy atom. The quantitative estimate of drug-likeness (QED) is 0.674. The highest BCUT2D eigenvalue weighted by Crippen LogP contribution is 2.24. The predicted octanol–water partition coefficient (Wildman–Crippen LogP) is 3.85. The number of carbonyl (C=O) groups excluding carboxylic acids is 1. The minimum absolute atomic E-state index is 0.250. The fourth-order valence-electron chi connectivity index (χ4n) is 2.15. The van der Waals surface area contributed by atoms with Crippen molar-refractivity contribution in [3.05, 3.63) is 65.3 Å². The Hall–Kier alpha value is -2.93. The lowest BCUT2D eigenvalue weighted by molar-refractivity contribution is 0.251. The molecule has 0 saturated carbocycles. The predicted molar refractivity (Wildman–Crippen MR) is 94.2 cm³/mol. The molecule has 0 aliphatic heterocycles. The maximum Gasteiger partial charge on any atom is 0.319 e. The van der Waals surface area contributed by atoms with E-state index in [0.29, 0.717) is 16.4 Å². The number of benzene rings is 2. The van der Waals surface area contributed by atoms with Gasteiger partial charge in [-0.3, -0.25) is 0 Å². The summed E-state index contributed by atoms with van der Waals surface area (Å²) in [5.74, 6) is -0.326. The molecule has 7 heteroatoms. The van der Waals surface area contributed by atoms with E-state index in [-0.39, 0.29) is 18.4 Å². The van der Waals surface area contributed by atoms with Crippen LogP contribution in [0.3, 0.4) is 0 Å². The van der Waals surface area contributed by atoms with Gasteiger partial charge in [0.05, 0.1) is 5.69 Å². The molecule has 2 aromatic carbocycles. The van der Waals surface area contributed by atoms with Crippen LogP contribution in [0.5, 0.6) is 0 Å². The maximum atomic E-state index is 13.1. The monoisotopic (exact) mass is 342 g/mol. The van der Waals surface area contributed by atoms with Gasteiger partial charge in [0.15, 0.2) is 5.13 Å². The molecule has 1 heterocycles. The van der Waals surface area contributed by atoms with Crippen LogP contribution >= 0.6 is 11.3 Å². The van der Waals surface area contributed by atoms with Crippen molar-refractivity contribution in [2.75, 3.05) is 11.1 Å². The average Bonchev–Trinajstić information content (AvgIpc) is 3.00. The third-order valence-corrected chi connectivity index (χ3v) is 3.98. The smallest absolute Gasteiger partial charge is 0.319 e. The number of aromatic nitrogens is 1. The number of nitrogen functional groups attached to an aromatic ring is 1. The van der Waals surface area contributed by atoms with Gasteiger partial charge in [-0.15, -0.1) is 11.3 Å². The minimum atomic E-state index is -0.357. The Morgan fingerprint density at radius 2 is 2.00 bits per heavy atom. The molecular weight excluding hydrogens is 327 g/mol. The number of nitrogens with zero attached hydrogens (tertiary/aromatic N) is 1. The zero-order valence-electron chi connectivity index (χ0n) is 12.6. The van der Waals surface area contributed by atoms with Crippen LogP contribution in [0.1, 0.15) is 5.56 Å². The fourth-order valence-corrected chi connectivity index (χ4v) is 2.72. The summed E-state index contributed by atoms with van der Waals surface area (Å²) in [5, 5.41) is 7.80. The summed E-state index contributed by atoms with van der Waals surface area (Å²) in [4.78, 5) is 16.1. The first-order chi connectivity index (χ1) is 11.6. The Balaban J connectivity index is 1.56. The summed E-state index contributed by atoms with van der Waals surface area (Å²) in [6.07, 6.45) is 0. The van der Waals surface area contributed by atoms with E-state index < -0.39 is 0 Å². The van der Waals surface area contributed by atoms with Gasteiger partial charge in [0, 0.05) is 23.2 Å². The number of nitrogens with two attached hydrogens (primary N) is 1. The van der Waals surface area contributed by atoms with E-state index in [1.54, 1.807) is 24.3 Å². The first kappa shape index (κ1) is 15.9. The zero-order chi connectivity index (χ0) is 16.9. The second-order valence-electron chi connectivity index (χ2n) is 5.09. The number of anilines is 2. The molecule has 4 N–H and O–H groups in total. The van der Waals surface area contributed by atoms with Crippen molar-refractivity contribution < 1.29 is 9.18 Å². The Kier molecular flexibility index (Phi) is 4.72. The summed E-state index contributed by atoms with van der Waals surface area (Å²) in [6.45, 7) is 0.250. The molecule has 0 spiro atoms. The molecule has 0 fully saturated rings. The first-order valence-electron chi connectivity index (χ1n) is 7.21. The molecule has 0 atom stereocenters. The lowest BCUT2D eigenvalue weighted by atomic mass is 10.1. The van der Waals surface area contributed by atoms with Gasteiger partial charge in [0.25, 0.3) is 0 Å². The van der Waals surface area contributed by atoms with Gasteiger partial charge in [-0.05, 0) is 29.8 Å². The summed E-state index contributed by atoms with van der Waals surface area (Å²) in [6, 6.07) is 13.0. The van der Waals surface area contributed by atoms with Crippen molar-refractivity contribution in [3.8, 4) is 11.3 Å². The Labute approximate surface area is 142 Å². The molecular formula is C17H15FN4OS. The van der Waals surface area contributed by atoms with Crippen LogP contribution in [0.25, 0.3) is 11.3 Å². The van der Waals surface area contributed by atoms with Crippen LogP contribution in [0.2, 0.25) is 0 Å². The lowest BCUT2D eigenvalue weighted by Gasteiger charge is -2.08. The van der Waals surface area contributed by atoms with Crippen molar-refractivity contribution in [2.45, 2.75) is 6.54 Å². The Bertz CT molecular complexity index is 848. The second-order valence-corrected chi connectivity index (χ2v) is 5.98. The van der Waals surface area contributed by atoms with Gasteiger partial charge in [0.1, 0.15) is 5.82 Å². The number of amides is 2. The van der Waals surface area contributed by atoms with E-state index in [4.69, 9.17) is 5.73 Å². The van der Waals surface area contributed by atoms with Crippen LogP contribution in [0.15, 0.2) is 53.9 Å². The van der Waals surface area contributed by atoms with Gasteiger partial charge in [0.2, 0.25) is 0 Å². The molecule has 3 rings (SSSR count). The molecule has 3 aromatic rings. The third kappa shape index (κ3) is 4.08. The number of urea groups is 1. The van der Waals surface area contributed by atoms with Crippen molar-refractivity contribution in [1.29, 1.82) is 0 Å². The van der Waals surface area contributed by atoms with Crippen molar-refractivity contribution in [3.63, 3.8) is 0 Å². The molecule has 1 aromatic heterocycles. The SMILES string of the molecule is Nc1nc(-c2ccc(NC(=O)NCc3cccc(F)c3)cc2)cs1. The Morgan fingerprint density at radius 3 is 2.67 bits per heavy atom. The van der Waals surface area contributed by atoms with E-state index in [1.165, 1.54) is 23.5 Å². The van der Waals surface area contributed by atoms with E-state index in [9.17, 15) is 9.18 Å². The molecule has 0 bridgehead atoms. The third-order valence-electron chi connectivity index (χ3n) is 3.30. The normalized spacial score (nSPS) is 10.4. The largest absolute Gasteiger partial charge is 0.375 e. The molecule has 122 valence electrons. The van der Waals surface area contributed by atoms with E-state index >= 15 is 0 Å². The number of hydrogen-bond donors (Lipinski definition) is 3. The molecule has 0 unspecified atom stereocenters. The zero-order valence-corrected chi connectivity index (χ0v) is 13.4. The highest BCUT2D eigenvalue weighted by Gasteiger charge is 2.05. The van der Waals surface area contributed by atoms with Crippen LogP contribution in [0, 0.1) is 5.82 Å². The van der Waals surface area contributed by atoms with Crippen molar-refractivity contribution in [1.82, 2.24) is 10.3 Å². The van der Waals surface area contributed by atoms with Gasteiger partial charge in [-0.1, -0.05) is 24.3 Å². The topological polar surface area (TPSA) is 80.0 Å². The molecule has 0 radical (unpaired) electrons. The van der Waals surface area contributed by atoms with E-state index in [1.807, 2.05) is 17.5 Å². The highest BCUT2D eigenvalue weighted by atomic mass is 32.1. The minimum Gasteiger partial charge on any atom is -0.375 e. The van der Waals surface area contributed by atoms with Crippen molar-refractivity contribution >= 4 is 28.2 Å². The highest BCUT2D eigenvalue weighted by molar-refractivity contribution is 7.13. The number of hydrogen-bond acceptors (Lipinski definition) is 4. The van der Waals surface area contributed by atoms with Crippen LogP contribution in [-0.4, -0.2) is 11.0 Å². The van der Waals surface area contributed by atoms with Crippen molar-refractivity contribution in [2.24, 2.45) is 0 Å². The van der Waals surface area contributed by atoms with Gasteiger partial charge < -0.3 is 16.4 Å². The summed E-state index contributed by atoms with van der Waals surface area (Å²) < 4.78 is 13.1. The van der Waals surface area contributed by atoms with Crippen LogP contribution in [-0.2, 0) is 6.54 Å². The molecule has 2 amide bonds. The molecule has 0 saturated heterocycles. The van der Waals surface area contributed by atoms with E-state index in [2.05, 4.69) is 15.6 Å². The molecule has 24 heavy (non-hydrogen) atoms. The molecule has 0 aliphatic rings. The van der Waals surface area contributed by atoms with Crippen LogP contribution in [0.4, 0.5) is 20.0 Å². The lowest BCUT2D eigenvalue weighted by Crippen LogP contribution is -2.28. The summed E-state index contributed by atoms with van der Waals surface area (Å²) in [7, 11) is 0. The first-order valence-corrected chi connectivity index (χ1v) is 8.09. The summed E-state index contributed by atoms with van der Waals surface area (Å²) >= 11 is 1.38. The fraction of sp³-hybridized carbons (Fsp3) is 0.0588. The van der Waals surface area contributed by atoms with Gasteiger partial charge in [-0.2, -0.15) is 0 Å². The van der Waals surface area contributed by atoms with Crippen LogP contribution < -0.4 is 16.4 Å². The number of thiazole rings is 1. The summed E-state index contributed by atoms with van der Waals surface area (Å²) in [5.41, 5.74) is 8.70. The average molecular weight is 342 g/mol. The standard InChI is InChI=1S/C17H15FN4OS/c18-13-3-1-2-11(8-13)9-20-17(23)21-14-6-4-12(5-7-14)15-10-24-16(19)22-15/h1-8,10H,9H2,(H2,19,22)(H2,20,21,23). The number of halogens is 1. The van der Waals surface area contributed by atoms with Gasteiger partial charge in [-0.25, -0.2) is 14.2 Å². The molecule has 5 nitrogen and oxygen atoms in total. The van der Waals surface area contributed by atoms with Gasteiger partial charge >= 0.3 is 6.03 Å². The second kappa shape index (κ2) is 7.10.